The van der Waals surface area contributed by atoms with E-state index in [1.165, 1.54) is 12.7 Å². The molecule has 1 N–H and O–H groups in total. The molecule has 210 valence electrons. The summed E-state index contributed by atoms with van der Waals surface area (Å²) in [4.78, 5) is 35.3. The molecule has 0 spiro atoms. The number of methoxy groups -OCH3 is 1. The molecule has 5 unspecified atom stereocenters. The number of fused-ring (bicyclic) bond motifs is 1. The maximum atomic E-state index is 12.3. The van der Waals surface area contributed by atoms with Crippen molar-refractivity contribution in [3.63, 3.8) is 0 Å². The minimum atomic E-state index is -0.427. The van der Waals surface area contributed by atoms with Gasteiger partial charge in [0, 0.05) is 11.8 Å². The van der Waals surface area contributed by atoms with Crippen LogP contribution in [0.4, 0.5) is 0 Å². The SMILES string of the molecule is COC(=O)CCC(=O)OCC=C(C)CCC1C(C)=CCC2C(C)(COC(=O)CC(C)C)CC(O)CC12C. The second-order valence-electron chi connectivity index (χ2n) is 12.1. The average molecular weight is 521 g/mol. The van der Waals surface area contributed by atoms with Gasteiger partial charge in [0.05, 0.1) is 32.7 Å². The van der Waals surface area contributed by atoms with Crippen LogP contribution >= 0.6 is 0 Å². The molecule has 1 fully saturated rings. The molecular formula is C30H48O7. The molecule has 7 nitrogen and oxygen atoms in total. The van der Waals surface area contributed by atoms with Crippen LogP contribution in [0.1, 0.15) is 92.9 Å². The summed E-state index contributed by atoms with van der Waals surface area (Å²) in [6.07, 6.45) is 8.38. The molecule has 2 aliphatic carbocycles. The van der Waals surface area contributed by atoms with E-state index in [2.05, 4.69) is 31.6 Å². The standard InChI is InChI=1S/C30H48O7/c1-20(2)16-28(34)37-19-29(5)17-23(31)18-30(6)24(22(4)9-11-25(29)30)10-8-21(3)14-15-36-27(33)13-12-26(32)35-7/h9,14,20,23-25,31H,8,10-13,15-19H2,1-7H3. The first-order chi connectivity index (χ1) is 17.3. The van der Waals surface area contributed by atoms with Gasteiger partial charge in [-0.25, -0.2) is 0 Å². The van der Waals surface area contributed by atoms with E-state index in [0.29, 0.717) is 31.3 Å². The third-order valence-corrected chi connectivity index (χ3v) is 8.44. The van der Waals surface area contributed by atoms with Crippen LogP contribution in [0.25, 0.3) is 0 Å². The molecule has 0 radical (unpaired) electrons. The molecule has 37 heavy (non-hydrogen) atoms. The minimum Gasteiger partial charge on any atom is -0.469 e. The van der Waals surface area contributed by atoms with Gasteiger partial charge in [0.15, 0.2) is 0 Å². The number of esters is 3. The van der Waals surface area contributed by atoms with Gasteiger partial charge in [-0.1, -0.05) is 44.9 Å². The number of hydrogen-bond acceptors (Lipinski definition) is 7. The molecule has 2 aliphatic rings. The van der Waals surface area contributed by atoms with Crippen LogP contribution in [0.5, 0.6) is 0 Å². The van der Waals surface area contributed by atoms with E-state index in [0.717, 1.165) is 31.3 Å². The Hall–Kier alpha value is -2.15. The molecule has 0 aromatic rings. The van der Waals surface area contributed by atoms with Crippen molar-refractivity contribution in [2.75, 3.05) is 20.3 Å². The molecule has 0 aliphatic heterocycles. The zero-order valence-electron chi connectivity index (χ0n) is 23.9. The fourth-order valence-corrected chi connectivity index (χ4v) is 6.59. The number of allylic oxidation sites excluding steroid dienone is 3. The molecule has 1 saturated carbocycles. The fourth-order valence-electron chi connectivity index (χ4n) is 6.59. The van der Waals surface area contributed by atoms with Gasteiger partial charge in [-0.2, -0.15) is 0 Å². The number of aliphatic hydroxyl groups is 1. The van der Waals surface area contributed by atoms with Crippen molar-refractivity contribution in [2.24, 2.45) is 28.6 Å². The van der Waals surface area contributed by atoms with E-state index in [-0.39, 0.29) is 42.2 Å². The molecule has 5 atom stereocenters. The van der Waals surface area contributed by atoms with E-state index >= 15 is 0 Å². The Bertz CT molecular complexity index is 873. The highest BCUT2D eigenvalue weighted by molar-refractivity contribution is 5.77. The van der Waals surface area contributed by atoms with Crippen molar-refractivity contribution in [3.05, 3.63) is 23.3 Å². The Morgan fingerprint density at radius 1 is 1.08 bits per heavy atom. The van der Waals surface area contributed by atoms with Gasteiger partial charge in [-0.05, 0) is 75.2 Å². The highest BCUT2D eigenvalue weighted by atomic mass is 16.5. The molecule has 0 aromatic carbocycles. The summed E-state index contributed by atoms with van der Waals surface area (Å²) >= 11 is 0. The monoisotopic (exact) mass is 520 g/mol. The summed E-state index contributed by atoms with van der Waals surface area (Å²) in [7, 11) is 1.29. The predicted octanol–water partition coefficient (Wildman–Crippen LogP) is 5.55. The van der Waals surface area contributed by atoms with Crippen LogP contribution in [0.2, 0.25) is 0 Å². The quantitative estimate of drug-likeness (QED) is 0.205. The summed E-state index contributed by atoms with van der Waals surface area (Å²) in [6.45, 7) is 13.3. The summed E-state index contributed by atoms with van der Waals surface area (Å²) in [5.41, 5.74) is 2.11. The zero-order chi connectivity index (χ0) is 27.8. The van der Waals surface area contributed by atoms with Crippen molar-refractivity contribution in [3.8, 4) is 0 Å². The third-order valence-electron chi connectivity index (χ3n) is 8.44. The lowest BCUT2D eigenvalue weighted by atomic mass is 9.47. The van der Waals surface area contributed by atoms with E-state index < -0.39 is 18.0 Å². The van der Waals surface area contributed by atoms with E-state index in [4.69, 9.17) is 9.47 Å². The normalized spacial score (nSPS) is 29.8. The van der Waals surface area contributed by atoms with Crippen molar-refractivity contribution in [1.82, 2.24) is 0 Å². The molecule has 0 saturated heterocycles. The van der Waals surface area contributed by atoms with Gasteiger partial charge >= 0.3 is 17.9 Å². The van der Waals surface area contributed by atoms with Gasteiger partial charge in [-0.3, -0.25) is 14.4 Å². The predicted molar refractivity (Wildman–Crippen MR) is 142 cm³/mol. The van der Waals surface area contributed by atoms with E-state index in [9.17, 15) is 19.5 Å². The van der Waals surface area contributed by atoms with Crippen molar-refractivity contribution < 1.29 is 33.7 Å². The first kappa shape index (κ1) is 31.1. The van der Waals surface area contributed by atoms with Gasteiger partial charge in [-0.15, -0.1) is 0 Å². The Balaban J connectivity index is 2.03. The average Bonchev–Trinajstić information content (AvgIpc) is 2.79. The lowest BCUT2D eigenvalue weighted by Crippen LogP contribution is -2.55. The summed E-state index contributed by atoms with van der Waals surface area (Å²) < 4.78 is 15.5. The molecule has 0 amide bonds. The van der Waals surface area contributed by atoms with Crippen molar-refractivity contribution >= 4 is 17.9 Å². The Kier molecular flexibility index (Phi) is 11.4. The fraction of sp³-hybridized carbons (Fsp3) is 0.767. The number of ether oxygens (including phenoxy) is 3. The first-order valence-electron chi connectivity index (χ1n) is 13.7. The maximum Gasteiger partial charge on any atom is 0.306 e. The Morgan fingerprint density at radius 2 is 1.76 bits per heavy atom. The van der Waals surface area contributed by atoms with Crippen LogP contribution in [-0.2, 0) is 28.6 Å². The number of carbonyl (C=O) groups excluding carboxylic acids is 3. The molecule has 2 rings (SSSR count). The Morgan fingerprint density at radius 3 is 2.41 bits per heavy atom. The summed E-state index contributed by atoms with van der Waals surface area (Å²) in [5.74, 6) is -0.137. The topological polar surface area (TPSA) is 99.1 Å². The molecule has 0 heterocycles. The lowest BCUT2D eigenvalue weighted by molar-refractivity contribution is -0.161. The molecule has 0 aromatic heterocycles. The molecule has 7 heteroatoms. The summed E-state index contributed by atoms with van der Waals surface area (Å²) in [5, 5.41) is 11.0. The highest BCUT2D eigenvalue weighted by Crippen LogP contribution is 2.60. The van der Waals surface area contributed by atoms with E-state index in [1.54, 1.807) is 0 Å². The van der Waals surface area contributed by atoms with Crippen molar-refractivity contribution in [1.29, 1.82) is 0 Å². The van der Waals surface area contributed by atoms with Crippen LogP contribution in [-0.4, -0.2) is 49.4 Å². The molecule has 0 bridgehead atoms. The van der Waals surface area contributed by atoms with Crippen LogP contribution < -0.4 is 0 Å². The van der Waals surface area contributed by atoms with Crippen LogP contribution in [0, 0.1) is 28.6 Å². The largest absolute Gasteiger partial charge is 0.469 e. The molecular weight excluding hydrogens is 472 g/mol. The van der Waals surface area contributed by atoms with Gasteiger partial charge < -0.3 is 19.3 Å². The first-order valence-corrected chi connectivity index (χ1v) is 13.7. The Labute approximate surface area is 223 Å². The second-order valence-corrected chi connectivity index (χ2v) is 12.1. The minimum absolute atomic E-state index is 0.0131. The van der Waals surface area contributed by atoms with Gasteiger partial charge in [0.1, 0.15) is 6.61 Å². The van der Waals surface area contributed by atoms with Gasteiger partial charge in [0.2, 0.25) is 0 Å². The maximum absolute atomic E-state index is 12.3. The number of carbonyl (C=O) groups is 3. The lowest BCUT2D eigenvalue weighted by Gasteiger charge is -2.58. The van der Waals surface area contributed by atoms with Crippen molar-refractivity contribution in [2.45, 2.75) is 99.0 Å². The van der Waals surface area contributed by atoms with Crippen LogP contribution in [0.3, 0.4) is 0 Å². The second kappa shape index (κ2) is 13.6. The highest BCUT2D eigenvalue weighted by Gasteiger charge is 2.56. The number of hydrogen-bond donors (Lipinski definition) is 1. The summed E-state index contributed by atoms with van der Waals surface area (Å²) in [6, 6.07) is 0. The number of rotatable bonds is 12. The zero-order valence-corrected chi connectivity index (χ0v) is 23.9. The number of aliphatic hydroxyl groups excluding tert-OH is 1. The van der Waals surface area contributed by atoms with Gasteiger partial charge in [0.25, 0.3) is 0 Å². The smallest absolute Gasteiger partial charge is 0.306 e. The van der Waals surface area contributed by atoms with Crippen LogP contribution in [0.15, 0.2) is 23.3 Å². The van der Waals surface area contributed by atoms with E-state index in [1.807, 2.05) is 26.8 Å². The third kappa shape index (κ3) is 8.69.